The Balaban J connectivity index is 1.37. The molecule has 0 bridgehead atoms. The van der Waals surface area contributed by atoms with Crippen molar-refractivity contribution >= 4 is 17.5 Å². The normalized spacial score (nSPS) is 10.6. The Bertz CT molecular complexity index is 1480. The van der Waals surface area contributed by atoms with Gasteiger partial charge in [0.1, 0.15) is 12.4 Å². The molecule has 1 heterocycles. The maximum absolute atomic E-state index is 13.0. The monoisotopic (exact) mass is 486 g/mol. The van der Waals surface area contributed by atoms with E-state index in [1.54, 1.807) is 24.3 Å². The zero-order valence-corrected chi connectivity index (χ0v) is 19.2. The summed E-state index contributed by atoms with van der Waals surface area (Å²) >= 11 is 0. The van der Waals surface area contributed by atoms with E-state index in [9.17, 15) is 23.6 Å². The number of carbonyl (C=O) groups is 2. The number of hydrogen-bond donors (Lipinski definition) is 2. The van der Waals surface area contributed by atoms with Crippen LogP contribution >= 0.6 is 0 Å². The third-order valence-corrected chi connectivity index (χ3v) is 5.43. The molecule has 3 aromatic carbocycles. The molecule has 0 aliphatic carbocycles. The van der Waals surface area contributed by atoms with Crippen LogP contribution in [-0.4, -0.2) is 20.9 Å². The highest BCUT2D eigenvalue weighted by Crippen LogP contribution is 2.10. The van der Waals surface area contributed by atoms with E-state index in [4.69, 9.17) is 0 Å². The highest BCUT2D eigenvalue weighted by molar-refractivity contribution is 5.95. The van der Waals surface area contributed by atoms with Gasteiger partial charge in [0.05, 0.1) is 6.54 Å². The molecule has 0 saturated heterocycles. The van der Waals surface area contributed by atoms with E-state index in [1.165, 1.54) is 41.1 Å². The van der Waals surface area contributed by atoms with Gasteiger partial charge in [-0.3, -0.25) is 23.5 Å². The minimum Gasteiger partial charge on any atom is -0.348 e. The summed E-state index contributed by atoms with van der Waals surface area (Å²) in [6.07, 6.45) is 1.41. The minimum absolute atomic E-state index is 0.241. The Labute approximate surface area is 205 Å². The first-order valence-corrected chi connectivity index (χ1v) is 11.2. The van der Waals surface area contributed by atoms with Gasteiger partial charge in [-0.1, -0.05) is 42.5 Å². The van der Waals surface area contributed by atoms with Gasteiger partial charge in [0, 0.05) is 30.1 Å². The van der Waals surface area contributed by atoms with Crippen LogP contribution in [-0.2, 0) is 24.4 Å². The fraction of sp³-hybridized carbons (Fsp3) is 0.111. The largest absolute Gasteiger partial charge is 0.348 e. The first-order valence-electron chi connectivity index (χ1n) is 11.2. The summed E-state index contributed by atoms with van der Waals surface area (Å²) in [5.74, 6) is -1.23. The molecule has 0 unspecified atom stereocenters. The summed E-state index contributed by atoms with van der Waals surface area (Å²) < 4.78 is 15.2. The third-order valence-electron chi connectivity index (χ3n) is 5.43. The second-order valence-corrected chi connectivity index (χ2v) is 8.07. The average molecular weight is 487 g/mol. The van der Waals surface area contributed by atoms with Gasteiger partial charge in [-0.25, -0.2) is 9.18 Å². The number of nitrogens with zero attached hydrogens (tertiary/aromatic N) is 2. The topological polar surface area (TPSA) is 102 Å². The number of halogens is 1. The lowest BCUT2D eigenvalue weighted by atomic mass is 10.1. The smallest absolute Gasteiger partial charge is 0.331 e. The summed E-state index contributed by atoms with van der Waals surface area (Å²) in [6.45, 7) is 0.0602. The van der Waals surface area contributed by atoms with Crippen molar-refractivity contribution in [1.29, 1.82) is 0 Å². The minimum atomic E-state index is -0.588. The third kappa shape index (κ3) is 6.20. The van der Waals surface area contributed by atoms with Crippen LogP contribution in [0.1, 0.15) is 21.5 Å². The van der Waals surface area contributed by atoms with E-state index in [0.717, 1.165) is 15.7 Å². The number of amides is 2. The summed E-state index contributed by atoms with van der Waals surface area (Å²) in [6, 6.07) is 22.5. The Kier molecular flexibility index (Phi) is 7.50. The Morgan fingerprint density at radius 1 is 0.806 bits per heavy atom. The number of anilines is 1. The van der Waals surface area contributed by atoms with Crippen molar-refractivity contribution in [2.24, 2.45) is 0 Å². The molecule has 2 N–H and O–H groups in total. The average Bonchev–Trinajstić information content (AvgIpc) is 2.89. The fourth-order valence-electron chi connectivity index (χ4n) is 3.54. The predicted octanol–water partition coefficient (Wildman–Crippen LogP) is 2.77. The quantitative estimate of drug-likeness (QED) is 0.400. The molecule has 9 heteroatoms. The molecule has 2 amide bonds. The molecule has 0 spiro atoms. The van der Waals surface area contributed by atoms with Gasteiger partial charge in [0.2, 0.25) is 5.91 Å². The molecule has 4 aromatic rings. The molecule has 8 nitrogen and oxygen atoms in total. The summed E-state index contributed by atoms with van der Waals surface area (Å²) in [5.41, 5.74) is 1.26. The van der Waals surface area contributed by atoms with Crippen LogP contribution < -0.4 is 21.9 Å². The molecule has 0 aliphatic rings. The Hall–Kier alpha value is -4.79. The molecule has 0 radical (unpaired) electrons. The Morgan fingerprint density at radius 3 is 2.19 bits per heavy atom. The molecule has 0 aliphatic heterocycles. The molecule has 4 rings (SSSR count). The molecule has 0 atom stereocenters. The maximum atomic E-state index is 13.0. The zero-order chi connectivity index (χ0) is 25.5. The zero-order valence-electron chi connectivity index (χ0n) is 19.2. The van der Waals surface area contributed by atoms with Gasteiger partial charge in [-0.2, -0.15) is 0 Å². The molecule has 36 heavy (non-hydrogen) atoms. The van der Waals surface area contributed by atoms with Crippen LogP contribution in [0.5, 0.6) is 0 Å². The maximum Gasteiger partial charge on any atom is 0.331 e. The first-order chi connectivity index (χ1) is 17.4. The van der Waals surface area contributed by atoms with Gasteiger partial charge in [0.25, 0.3) is 11.5 Å². The van der Waals surface area contributed by atoms with E-state index >= 15 is 0 Å². The summed E-state index contributed by atoms with van der Waals surface area (Å²) in [5, 5.41) is 5.37. The van der Waals surface area contributed by atoms with Crippen molar-refractivity contribution in [1.82, 2.24) is 14.5 Å². The van der Waals surface area contributed by atoms with E-state index in [1.807, 2.05) is 30.3 Å². The first kappa shape index (κ1) is 24.3. The predicted molar refractivity (Wildman–Crippen MR) is 133 cm³/mol. The lowest BCUT2D eigenvalue weighted by Gasteiger charge is -2.11. The van der Waals surface area contributed by atoms with Crippen LogP contribution in [0.3, 0.4) is 0 Å². The molecule has 0 fully saturated rings. The van der Waals surface area contributed by atoms with Crippen molar-refractivity contribution in [2.45, 2.75) is 19.6 Å². The molecular weight excluding hydrogens is 463 g/mol. The fourth-order valence-corrected chi connectivity index (χ4v) is 3.54. The van der Waals surface area contributed by atoms with Crippen molar-refractivity contribution < 1.29 is 14.0 Å². The van der Waals surface area contributed by atoms with Gasteiger partial charge >= 0.3 is 5.69 Å². The second-order valence-electron chi connectivity index (χ2n) is 8.07. The molecule has 1 aromatic heterocycles. The Morgan fingerprint density at radius 2 is 1.50 bits per heavy atom. The number of aromatic nitrogens is 2. The molecule has 0 saturated carbocycles. The van der Waals surface area contributed by atoms with E-state index in [-0.39, 0.29) is 24.8 Å². The summed E-state index contributed by atoms with van der Waals surface area (Å²) in [4.78, 5) is 49.9. The van der Waals surface area contributed by atoms with Gasteiger partial charge in [0.15, 0.2) is 0 Å². The van der Waals surface area contributed by atoms with Crippen LogP contribution in [0.25, 0.3) is 0 Å². The van der Waals surface area contributed by atoms with E-state index in [2.05, 4.69) is 10.6 Å². The SMILES string of the molecule is O=C(Cn1c(=O)ccn(Cc2ccccc2)c1=O)Nc1ccc(C(=O)NCc2ccc(F)cc2)cc1. The van der Waals surface area contributed by atoms with Crippen LogP contribution in [0.2, 0.25) is 0 Å². The van der Waals surface area contributed by atoms with Crippen LogP contribution in [0.15, 0.2) is 101 Å². The van der Waals surface area contributed by atoms with Crippen molar-refractivity contribution in [3.8, 4) is 0 Å². The van der Waals surface area contributed by atoms with E-state index < -0.39 is 23.7 Å². The molecular formula is C27H23FN4O4. The second kappa shape index (κ2) is 11.1. The van der Waals surface area contributed by atoms with Crippen molar-refractivity contribution in [2.75, 3.05) is 5.32 Å². The molecule has 182 valence electrons. The number of rotatable bonds is 8. The lowest BCUT2D eigenvalue weighted by Crippen LogP contribution is -2.41. The van der Waals surface area contributed by atoms with Gasteiger partial charge in [-0.05, 0) is 47.5 Å². The lowest BCUT2D eigenvalue weighted by molar-refractivity contribution is -0.116. The highest BCUT2D eigenvalue weighted by Gasteiger charge is 2.12. The standard InChI is InChI=1S/C27H23FN4O4/c28-22-10-6-19(7-11-22)16-29-26(35)21-8-12-23(13-9-21)30-24(33)18-32-25(34)14-15-31(27(32)36)17-20-4-2-1-3-5-20/h1-15H,16-18H2,(H,29,35)(H,30,33). The number of hydrogen-bond acceptors (Lipinski definition) is 4. The van der Waals surface area contributed by atoms with Crippen LogP contribution in [0.4, 0.5) is 10.1 Å². The van der Waals surface area contributed by atoms with Crippen molar-refractivity contribution in [3.05, 3.63) is 134 Å². The number of benzene rings is 3. The number of carbonyl (C=O) groups excluding carboxylic acids is 2. The number of nitrogens with one attached hydrogen (secondary N) is 2. The van der Waals surface area contributed by atoms with Crippen LogP contribution in [0, 0.1) is 5.82 Å². The highest BCUT2D eigenvalue weighted by atomic mass is 19.1. The van der Waals surface area contributed by atoms with Crippen molar-refractivity contribution in [3.63, 3.8) is 0 Å². The van der Waals surface area contributed by atoms with Gasteiger partial charge in [-0.15, -0.1) is 0 Å². The summed E-state index contributed by atoms with van der Waals surface area (Å²) in [7, 11) is 0. The van der Waals surface area contributed by atoms with E-state index in [0.29, 0.717) is 11.3 Å². The van der Waals surface area contributed by atoms with Gasteiger partial charge < -0.3 is 10.6 Å².